The van der Waals surface area contributed by atoms with Crippen molar-refractivity contribution >= 4 is 6.03 Å². The Labute approximate surface area is 132 Å². The van der Waals surface area contributed by atoms with E-state index in [1.165, 1.54) is 0 Å². The van der Waals surface area contributed by atoms with E-state index in [4.69, 9.17) is 9.84 Å². The predicted molar refractivity (Wildman–Crippen MR) is 86.2 cm³/mol. The molecule has 22 heavy (non-hydrogen) atoms. The number of aliphatic hydroxyl groups excluding tert-OH is 1. The molecule has 0 saturated carbocycles. The molecule has 5 nitrogen and oxygen atoms in total. The Balaban J connectivity index is 1.95. The molecule has 0 aromatic heterocycles. The summed E-state index contributed by atoms with van der Waals surface area (Å²) in [6.45, 7) is 6.58. The zero-order chi connectivity index (χ0) is 16.2. The van der Waals surface area contributed by atoms with Gasteiger partial charge in [0, 0.05) is 29.7 Å². The van der Waals surface area contributed by atoms with Gasteiger partial charge in [-0.3, -0.25) is 0 Å². The van der Waals surface area contributed by atoms with E-state index in [0.717, 1.165) is 17.7 Å². The molecular formula is C17H26N2O3. The van der Waals surface area contributed by atoms with Crippen LogP contribution in [-0.4, -0.2) is 35.9 Å². The Morgan fingerprint density at radius 2 is 2.23 bits per heavy atom. The van der Waals surface area contributed by atoms with Gasteiger partial charge in [0.25, 0.3) is 0 Å². The van der Waals surface area contributed by atoms with Crippen LogP contribution in [0.25, 0.3) is 0 Å². The van der Waals surface area contributed by atoms with E-state index >= 15 is 0 Å². The first-order chi connectivity index (χ1) is 10.5. The lowest BCUT2D eigenvalue weighted by molar-refractivity contribution is 0.197. The summed E-state index contributed by atoms with van der Waals surface area (Å²) in [4.78, 5) is 12.2. The largest absolute Gasteiger partial charge is 0.493 e. The van der Waals surface area contributed by atoms with E-state index in [1.807, 2.05) is 45.0 Å². The first-order valence-corrected chi connectivity index (χ1v) is 7.90. The van der Waals surface area contributed by atoms with Crippen molar-refractivity contribution in [3.63, 3.8) is 0 Å². The monoisotopic (exact) mass is 306 g/mol. The number of para-hydroxylation sites is 1. The van der Waals surface area contributed by atoms with Crippen LogP contribution in [0.3, 0.4) is 0 Å². The van der Waals surface area contributed by atoms with Crippen LogP contribution in [0.4, 0.5) is 4.79 Å². The summed E-state index contributed by atoms with van der Waals surface area (Å²) in [5.74, 6) is 1.06. The fourth-order valence-electron chi connectivity index (χ4n) is 2.79. The van der Waals surface area contributed by atoms with Gasteiger partial charge in [-0.05, 0) is 32.8 Å². The van der Waals surface area contributed by atoms with Crippen molar-refractivity contribution in [3.05, 3.63) is 29.8 Å². The van der Waals surface area contributed by atoms with E-state index in [0.29, 0.717) is 13.0 Å². The number of hydrogen-bond donors (Lipinski definition) is 3. The number of benzene rings is 1. The van der Waals surface area contributed by atoms with Crippen molar-refractivity contribution in [1.29, 1.82) is 0 Å². The van der Waals surface area contributed by atoms with Crippen LogP contribution in [0.5, 0.6) is 5.75 Å². The number of aliphatic hydroxyl groups is 1. The fourth-order valence-corrected chi connectivity index (χ4v) is 2.79. The number of fused-ring (bicyclic) bond motifs is 1. The average molecular weight is 306 g/mol. The minimum atomic E-state index is -0.386. The van der Waals surface area contributed by atoms with E-state index < -0.39 is 0 Å². The van der Waals surface area contributed by atoms with Gasteiger partial charge in [0.15, 0.2) is 0 Å². The van der Waals surface area contributed by atoms with Crippen LogP contribution < -0.4 is 15.4 Å². The molecule has 2 rings (SSSR count). The van der Waals surface area contributed by atoms with Crippen molar-refractivity contribution in [1.82, 2.24) is 10.6 Å². The van der Waals surface area contributed by atoms with Crippen LogP contribution >= 0.6 is 0 Å². The molecule has 0 saturated heterocycles. The quantitative estimate of drug-likeness (QED) is 0.756. The Bertz CT molecular complexity index is 520. The number of ether oxygens (including phenoxy) is 1. The summed E-state index contributed by atoms with van der Waals surface area (Å²) >= 11 is 0. The van der Waals surface area contributed by atoms with Crippen LogP contribution in [0.1, 0.15) is 45.1 Å². The van der Waals surface area contributed by atoms with Crippen molar-refractivity contribution in [2.45, 2.75) is 51.1 Å². The molecular weight excluding hydrogens is 280 g/mol. The lowest BCUT2D eigenvalue weighted by Gasteiger charge is -2.30. The lowest BCUT2D eigenvalue weighted by Crippen LogP contribution is -2.53. The number of carbonyl (C=O) groups excluding carboxylic acids is 1. The van der Waals surface area contributed by atoms with Crippen LogP contribution in [0, 0.1) is 0 Å². The summed E-state index contributed by atoms with van der Waals surface area (Å²) in [6, 6.07) is 7.72. The zero-order valence-electron chi connectivity index (χ0n) is 13.6. The Kier molecular flexibility index (Phi) is 5.29. The molecule has 0 aliphatic carbocycles. The first-order valence-electron chi connectivity index (χ1n) is 7.90. The maximum absolute atomic E-state index is 12.2. The van der Waals surface area contributed by atoms with Gasteiger partial charge in [0.1, 0.15) is 5.75 Å². The van der Waals surface area contributed by atoms with Crippen LogP contribution in [-0.2, 0) is 0 Å². The van der Waals surface area contributed by atoms with Crippen LogP contribution in [0.2, 0.25) is 0 Å². The Hall–Kier alpha value is -1.75. The number of carbonyl (C=O) groups is 1. The van der Waals surface area contributed by atoms with E-state index in [2.05, 4.69) is 10.6 Å². The molecule has 3 unspecified atom stereocenters. The van der Waals surface area contributed by atoms with Gasteiger partial charge >= 0.3 is 6.03 Å². The Morgan fingerprint density at radius 3 is 2.91 bits per heavy atom. The second-order valence-corrected chi connectivity index (χ2v) is 6.23. The van der Waals surface area contributed by atoms with Crippen molar-refractivity contribution < 1.29 is 14.6 Å². The number of hydrogen-bond acceptors (Lipinski definition) is 3. The smallest absolute Gasteiger partial charge is 0.315 e. The summed E-state index contributed by atoms with van der Waals surface area (Å²) in [6.07, 6.45) is 1.31. The normalized spacial score (nSPS) is 20.5. The van der Waals surface area contributed by atoms with Crippen molar-refractivity contribution in [2.75, 3.05) is 13.2 Å². The minimum absolute atomic E-state index is 0.0288. The number of amides is 2. The summed E-state index contributed by atoms with van der Waals surface area (Å²) in [5, 5.41) is 15.1. The van der Waals surface area contributed by atoms with Gasteiger partial charge in [-0.2, -0.15) is 0 Å². The molecule has 1 heterocycles. The maximum atomic E-state index is 12.2. The van der Waals surface area contributed by atoms with Gasteiger partial charge in [-0.15, -0.1) is 0 Å². The maximum Gasteiger partial charge on any atom is 0.315 e. The van der Waals surface area contributed by atoms with E-state index in [-0.39, 0.29) is 30.1 Å². The molecule has 0 spiro atoms. The van der Waals surface area contributed by atoms with Gasteiger partial charge < -0.3 is 20.5 Å². The van der Waals surface area contributed by atoms with Crippen LogP contribution in [0.15, 0.2) is 24.3 Å². The molecule has 3 atom stereocenters. The molecule has 5 heteroatoms. The Morgan fingerprint density at radius 1 is 1.50 bits per heavy atom. The van der Waals surface area contributed by atoms with Gasteiger partial charge in [-0.1, -0.05) is 25.1 Å². The SMILES string of the molecule is CCC(C)(CCO)NC(=O)NC(C)C1COc2ccccc21. The van der Waals surface area contributed by atoms with Gasteiger partial charge in [0.05, 0.1) is 6.61 Å². The molecule has 0 bridgehead atoms. The first kappa shape index (κ1) is 16.6. The summed E-state index contributed by atoms with van der Waals surface area (Å²) in [5.41, 5.74) is 0.756. The summed E-state index contributed by atoms with van der Waals surface area (Å²) < 4.78 is 5.67. The highest BCUT2D eigenvalue weighted by atomic mass is 16.5. The zero-order valence-corrected chi connectivity index (χ0v) is 13.6. The second-order valence-electron chi connectivity index (χ2n) is 6.23. The van der Waals surface area contributed by atoms with E-state index in [1.54, 1.807) is 0 Å². The summed E-state index contributed by atoms with van der Waals surface area (Å²) in [7, 11) is 0. The molecule has 0 radical (unpaired) electrons. The minimum Gasteiger partial charge on any atom is -0.493 e. The third-order valence-electron chi connectivity index (χ3n) is 4.56. The highest BCUT2D eigenvalue weighted by molar-refractivity contribution is 5.75. The number of rotatable bonds is 6. The molecule has 1 aliphatic heterocycles. The highest BCUT2D eigenvalue weighted by Gasteiger charge is 2.31. The third kappa shape index (κ3) is 3.71. The van der Waals surface area contributed by atoms with Gasteiger partial charge in [-0.25, -0.2) is 4.79 Å². The molecule has 1 aliphatic rings. The second kappa shape index (κ2) is 7.01. The molecule has 122 valence electrons. The molecule has 2 amide bonds. The highest BCUT2D eigenvalue weighted by Crippen LogP contribution is 2.35. The standard InChI is InChI=1S/C17H26N2O3/c1-4-17(3,9-10-20)19-16(21)18-12(2)14-11-22-15-8-6-5-7-13(14)15/h5-8,12,14,20H,4,9-11H2,1-3H3,(H2,18,19,21). The predicted octanol–water partition coefficient (Wildman–Crippen LogP) is 2.40. The molecule has 3 N–H and O–H groups in total. The lowest BCUT2D eigenvalue weighted by atomic mass is 9.94. The van der Waals surface area contributed by atoms with Gasteiger partial charge in [0.2, 0.25) is 0 Å². The molecule has 0 fully saturated rings. The number of nitrogens with one attached hydrogen (secondary N) is 2. The average Bonchev–Trinajstić information content (AvgIpc) is 2.91. The van der Waals surface area contributed by atoms with Crippen molar-refractivity contribution in [2.24, 2.45) is 0 Å². The number of urea groups is 1. The third-order valence-corrected chi connectivity index (χ3v) is 4.56. The van der Waals surface area contributed by atoms with Crippen molar-refractivity contribution in [3.8, 4) is 5.75 Å². The fraction of sp³-hybridized carbons (Fsp3) is 0.588. The molecule has 1 aromatic carbocycles. The topological polar surface area (TPSA) is 70.6 Å². The van der Waals surface area contributed by atoms with E-state index in [9.17, 15) is 4.79 Å². The molecule has 1 aromatic rings.